The van der Waals surface area contributed by atoms with E-state index in [1.165, 1.54) is 19.2 Å². The van der Waals surface area contributed by atoms with Crippen LogP contribution in [0.25, 0.3) is 11.4 Å². The second-order valence-electron chi connectivity index (χ2n) is 9.92. The fourth-order valence-electron chi connectivity index (χ4n) is 4.40. The Bertz CT molecular complexity index is 1670. The number of anilines is 2. The Morgan fingerprint density at radius 3 is 2.53 bits per heavy atom. The molecule has 0 aliphatic carbocycles. The topological polar surface area (TPSA) is 184 Å². The zero-order valence-corrected chi connectivity index (χ0v) is 24.8. The minimum absolute atomic E-state index is 0.0256. The van der Waals surface area contributed by atoms with Gasteiger partial charge in [-0.2, -0.15) is 0 Å². The third-order valence-electron chi connectivity index (χ3n) is 6.81. The summed E-state index contributed by atoms with van der Waals surface area (Å²) in [5.74, 6) is -0.997. The Balaban J connectivity index is 1.31. The van der Waals surface area contributed by atoms with Crippen molar-refractivity contribution in [2.75, 3.05) is 24.3 Å². The molecule has 4 rings (SSSR count). The summed E-state index contributed by atoms with van der Waals surface area (Å²) >= 11 is 0. The van der Waals surface area contributed by atoms with Crippen LogP contribution in [0, 0.1) is 17.1 Å². The highest BCUT2D eigenvalue weighted by molar-refractivity contribution is 6.01. The standard InChI is InChI=1S/C32H34FN7O5/c1-3-24(31(42)44-2)26(35)11-13-37-30(41)20-15-28(38-18-20)29-16-23(10-12-36-29)45-22-7-5-21(6-8-22)39-32(43)40-27-14-19(17-34)4-9-25(27)33/h4-10,12,14-16,18,24,35,38H,3,11,13,17,34H2,1-2H3,(H,37,41)(H2,39,40,43)/t24-/m0/s1. The van der Waals surface area contributed by atoms with Gasteiger partial charge in [0.25, 0.3) is 5.91 Å². The van der Waals surface area contributed by atoms with Crippen molar-refractivity contribution < 1.29 is 28.2 Å². The monoisotopic (exact) mass is 615 g/mol. The third kappa shape index (κ3) is 8.74. The zero-order chi connectivity index (χ0) is 32.3. The van der Waals surface area contributed by atoms with Crippen LogP contribution >= 0.6 is 0 Å². The van der Waals surface area contributed by atoms with Gasteiger partial charge in [-0.15, -0.1) is 0 Å². The first kappa shape index (κ1) is 32.4. The first-order valence-electron chi connectivity index (χ1n) is 14.1. The predicted octanol–water partition coefficient (Wildman–Crippen LogP) is 5.45. The molecule has 0 saturated carbocycles. The molecule has 7 N–H and O–H groups in total. The van der Waals surface area contributed by atoms with Gasteiger partial charge >= 0.3 is 12.0 Å². The number of H-pyrrole nitrogens is 1. The summed E-state index contributed by atoms with van der Waals surface area (Å²) in [4.78, 5) is 44.2. The highest BCUT2D eigenvalue weighted by atomic mass is 19.1. The second kappa shape index (κ2) is 15.3. The van der Waals surface area contributed by atoms with Crippen molar-refractivity contribution >= 4 is 35.0 Å². The first-order chi connectivity index (χ1) is 21.7. The number of nitrogens with two attached hydrogens (primary N) is 1. The van der Waals surface area contributed by atoms with Gasteiger partial charge in [0, 0.05) is 49.4 Å². The molecular formula is C32H34FN7O5. The number of pyridine rings is 1. The maximum atomic E-state index is 14.0. The molecule has 0 bridgehead atoms. The summed E-state index contributed by atoms with van der Waals surface area (Å²) in [6.45, 7) is 2.22. The Morgan fingerprint density at radius 1 is 1.04 bits per heavy atom. The molecule has 0 aliphatic rings. The summed E-state index contributed by atoms with van der Waals surface area (Å²) in [5.41, 5.74) is 8.48. The number of hydrogen-bond acceptors (Lipinski definition) is 8. The van der Waals surface area contributed by atoms with Crippen molar-refractivity contribution in [2.24, 2.45) is 11.7 Å². The van der Waals surface area contributed by atoms with Crippen LogP contribution in [0.4, 0.5) is 20.6 Å². The van der Waals surface area contributed by atoms with Gasteiger partial charge in [-0.25, -0.2) is 9.18 Å². The molecular weight excluding hydrogens is 581 g/mol. The normalized spacial score (nSPS) is 11.3. The first-order valence-corrected chi connectivity index (χ1v) is 14.1. The lowest BCUT2D eigenvalue weighted by Crippen LogP contribution is -2.30. The minimum Gasteiger partial charge on any atom is -0.469 e. The summed E-state index contributed by atoms with van der Waals surface area (Å²) in [6.07, 6.45) is 3.81. The van der Waals surface area contributed by atoms with Crippen LogP contribution in [0.3, 0.4) is 0 Å². The molecule has 45 heavy (non-hydrogen) atoms. The maximum absolute atomic E-state index is 14.0. The molecule has 4 aromatic rings. The molecule has 2 heterocycles. The average molecular weight is 616 g/mol. The molecule has 12 nitrogen and oxygen atoms in total. The number of aromatic nitrogens is 2. The van der Waals surface area contributed by atoms with Crippen molar-refractivity contribution in [1.29, 1.82) is 5.41 Å². The average Bonchev–Trinajstić information content (AvgIpc) is 3.54. The number of esters is 1. The van der Waals surface area contributed by atoms with E-state index in [2.05, 4.69) is 25.9 Å². The molecule has 0 spiro atoms. The number of carbonyl (C=O) groups excluding carboxylic acids is 3. The minimum atomic E-state index is -0.620. The van der Waals surface area contributed by atoms with Gasteiger partial charge in [-0.05, 0) is 60.5 Å². The van der Waals surface area contributed by atoms with Crippen molar-refractivity contribution in [1.82, 2.24) is 15.3 Å². The number of ether oxygens (including phenoxy) is 2. The number of amides is 3. The van der Waals surface area contributed by atoms with E-state index in [0.717, 1.165) is 0 Å². The fourth-order valence-corrected chi connectivity index (χ4v) is 4.40. The number of halogens is 1. The highest BCUT2D eigenvalue weighted by Crippen LogP contribution is 2.27. The lowest BCUT2D eigenvalue weighted by molar-refractivity contribution is -0.143. The quantitative estimate of drug-likeness (QED) is 0.0853. The molecule has 0 unspecified atom stereocenters. The number of aromatic amines is 1. The van der Waals surface area contributed by atoms with Crippen LogP contribution in [0.2, 0.25) is 0 Å². The second-order valence-corrected chi connectivity index (χ2v) is 9.92. The Morgan fingerprint density at radius 2 is 1.82 bits per heavy atom. The predicted molar refractivity (Wildman–Crippen MR) is 168 cm³/mol. The van der Waals surface area contributed by atoms with Gasteiger partial charge in [0.1, 0.15) is 17.3 Å². The van der Waals surface area contributed by atoms with Crippen LogP contribution in [0.1, 0.15) is 35.7 Å². The van der Waals surface area contributed by atoms with Gasteiger partial charge in [0.05, 0.1) is 35.7 Å². The Hall–Kier alpha value is -5.56. The van der Waals surface area contributed by atoms with Crippen molar-refractivity contribution in [3.8, 4) is 22.9 Å². The molecule has 2 aromatic carbocycles. The molecule has 0 aliphatic heterocycles. The van der Waals surface area contributed by atoms with Gasteiger partial charge in [0.2, 0.25) is 0 Å². The van der Waals surface area contributed by atoms with Gasteiger partial charge in [-0.3, -0.25) is 14.6 Å². The molecule has 13 heteroatoms. The molecule has 2 aromatic heterocycles. The van der Waals surface area contributed by atoms with E-state index in [1.54, 1.807) is 67.8 Å². The van der Waals surface area contributed by atoms with Crippen LogP contribution in [0.15, 0.2) is 73.1 Å². The summed E-state index contributed by atoms with van der Waals surface area (Å²) in [7, 11) is 1.29. The van der Waals surface area contributed by atoms with Crippen LogP contribution < -0.4 is 26.4 Å². The molecule has 1 atom stereocenters. The lowest BCUT2D eigenvalue weighted by atomic mass is 9.98. The van der Waals surface area contributed by atoms with E-state index in [0.29, 0.717) is 46.1 Å². The largest absolute Gasteiger partial charge is 0.469 e. The Labute approximate surface area is 259 Å². The van der Waals surface area contributed by atoms with E-state index >= 15 is 0 Å². The van der Waals surface area contributed by atoms with E-state index in [9.17, 15) is 18.8 Å². The SMILES string of the molecule is CC[C@@H](C(=N)CCNC(=O)c1c[nH]c(-c2cc(Oc3ccc(NC(=O)Nc4cc(CN)ccc4F)cc3)ccn2)c1)C(=O)OC. The van der Waals surface area contributed by atoms with Gasteiger partial charge in [0.15, 0.2) is 0 Å². The number of rotatable bonds is 13. The van der Waals surface area contributed by atoms with Gasteiger partial charge < -0.3 is 41.6 Å². The number of urea groups is 1. The van der Waals surface area contributed by atoms with E-state index in [1.807, 2.05) is 0 Å². The van der Waals surface area contributed by atoms with Crippen molar-refractivity contribution in [2.45, 2.75) is 26.3 Å². The molecule has 3 amide bonds. The fraction of sp³-hybridized carbons (Fsp3) is 0.219. The maximum Gasteiger partial charge on any atom is 0.323 e. The smallest absolute Gasteiger partial charge is 0.323 e. The van der Waals surface area contributed by atoms with E-state index in [-0.39, 0.29) is 36.8 Å². The molecule has 0 radical (unpaired) electrons. The van der Waals surface area contributed by atoms with E-state index in [4.69, 9.17) is 20.6 Å². The zero-order valence-electron chi connectivity index (χ0n) is 24.8. The van der Waals surface area contributed by atoms with Gasteiger partial charge in [-0.1, -0.05) is 13.0 Å². The number of hydrogen-bond donors (Lipinski definition) is 6. The number of nitrogens with zero attached hydrogens (tertiary/aromatic N) is 1. The summed E-state index contributed by atoms with van der Waals surface area (Å²) in [5, 5.41) is 16.0. The molecule has 0 saturated heterocycles. The number of methoxy groups -OCH3 is 1. The van der Waals surface area contributed by atoms with Crippen molar-refractivity contribution in [3.63, 3.8) is 0 Å². The van der Waals surface area contributed by atoms with Crippen LogP contribution in [0.5, 0.6) is 11.5 Å². The van der Waals surface area contributed by atoms with E-state index < -0.39 is 23.7 Å². The number of benzene rings is 2. The third-order valence-corrected chi connectivity index (χ3v) is 6.81. The number of nitrogens with one attached hydrogen (secondary N) is 5. The molecule has 0 fully saturated rings. The Kier molecular flexibility index (Phi) is 11.0. The summed E-state index contributed by atoms with van der Waals surface area (Å²) < 4.78 is 24.7. The summed E-state index contributed by atoms with van der Waals surface area (Å²) in [6, 6.07) is 15.3. The lowest BCUT2D eigenvalue weighted by Gasteiger charge is -2.14. The van der Waals surface area contributed by atoms with Crippen LogP contribution in [-0.4, -0.2) is 47.2 Å². The number of carbonyl (C=O) groups is 3. The van der Waals surface area contributed by atoms with Crippen LogP contribution in [-0.2, 0) is 16.1 Å². The highest BCUT2D eigenvalue weighted by Gasteiger charge is 2.22. The van der Waals surface area contributed by atoms with Crippen molar-refractivity contribution in [3.05, 3.63) is 90.0 Å². The molecule has 234 valence electrons.